The molecule has 4 aromatic rings. The van der Waals surface area contributed by atoms with Crippen molar-refractivity contribution in [3.63, 3.8) is 0 Å². The van der Waals surface area contributed by atoms with Crippen LogP contribution < -0.4 is 5.32 Å². The number of amides is 1. The summed E-state index contributed by atoms with van der Waals surface area (Å²) in [5.41, 5.74) is 3.73. The van der Waals surface area contributed by atoms with Gasteiger partial charge >= 0.3 is 0 Å². The van der Waals surface area contributed by atoms with Crippen LogP contribution in [0, 0.1) is 20.8 Å². The molecule has 3 aromatic heterocycles. The van der Waals surface area contributed by atoms with Crippen LogP contribution in [0.2, 0.25) is 0 Å². The summed E-state index contributed by atoms with van der Waals surface area (Å²) in [5.74, 6) is 1.47. The maximum atomic E-state index is 13.0. The smallest absolute Gasteiger partial charge is 0.259 e. The number of phenols is 1. The molecule has 0 aliphatic carbocycles. The Hall–Kier alpha value is -3.61. The fraction of sp³-hybridized carbons (Fsp3) is 0.227. The van der Waals surface area contributed by atoms with Crippen molar-refractivity contribution in [1.29, 1.82) is 0 Å². The zero-order chi connectivity index (χ0) is 20.5. The van der Waals surface area contributed by atoms with E-state index in [1.807, 2.05) is 26.0 Å². The Labute approximate surface area is 167 Å². The number of hydrogen-bond donors (Lipinski definition) is 2. The highest BCUT2D eigenvalue weighted by molar-refractivity contribution is 6.07. The van der Waals surface area contributed by atoms with Crippen molar-refractivity contribution >= 4 is 17.0 Å². The second-order valence-corrected chi connectivity index (χ2v) is 7.01. The molecule has 4 rings (SSSR count). The van der Waals surface area contributed by atoms with Crippen LogP contribution in [-0.2, 0) is 6.42 Å². The van der Waals surface area contributed by atoms with E-state index in [-0.39, 0.29) is 11.7 Å². The lowest BCUT2D eigenvalue weighted by Gasteiger charge is -2.08. The Kier molecular flexibility index (Phi) is 4.80. The Balaban J connectivity index is 1.63. The van der Waals surface area contributed by atoms with E-state index >= 15 is 0 Å². The molecule has 29 heavy (non-hydrogen) atoms. The summed E-state index contributed by atoms with van der Waals surface area (Å²) in [6.07, 6.45) is 0.601. The van der Waals surface area contributed by atoms with E-state index in [1.54, 1.807) is 31.2 Å². The largest absolute Gasteiger partial charge is 0.508 e. The maximum Gasteiger partial charge on any atom is 0.259 e. The van der Waals surface area contributed by atoms with E-state index in [0.29, 0.717) is 41.0 Å². The third kappa shape index (κ3) is 3.71. The number of aryl methyl sites for hydroxylation is 3. The quantitative estimate of drug-likeness (QED) is 0.531. The molecule has 0 saturated carbocycles. The number of aromatic nitrogens is 2. The number of aromatic hydroxyl groups is 1. The van der Waals surface area contributed by atoms with E-state index in [9.17, 15) is 9.90 Å². The van der Waals surface area contributed by atoms with Crippen LogP contribution in [0.25, 0.3) is 22.4 Å². The lowest BCUT2D eigenvalue weighted by Crippen LogP contribution is -2.26. The van der Waals surface area contributed by atoms with E-state index < -0.39 is 0 Å². The fourth-order valence-electron chi connectivity index (χ4n) is 3.42. The van der Waals surface area contributed by atoms with Crippen molar-refractivity contribution < 1.29 is 18.8 Å². The first kappa shape index (κ1) is 18.7. The number of phenolic OH excluding ortho intramolecular Hbond substituents is 1. The summed E-state index contributed by atoms with van der Waals surface area (Å²) >= 11 is 0. The first-order valence-electron chi connectivity index (χ1n) is 9.33. The van der Waals surface area contributed by atoms with Gasteiger partial charge in [-0.25, -0.2) is 4.98 Å². The molecular formula is C22H21N3O4. The zero-order valence-electron chi connectivity index (χ0n) is 16.4. The topological polar surface area (TPSA) is 101 Å². The Morgan fingerprint density at radius 3 is 2.72 bits per heavy atom. The van der Waals surface area contributed by atoms with Crippen molar-refractivity contribution in [1.82, 2.24) is 15.5 Å². The van der Waals surface area contributed by atoms with Gasteiger partial charge in [0.15, 0.2) is 0 Å². The van der Waals surface area contributed by atoms with Crippen LogP contribution in [-0.4, -0.2) is 27.7 Å². The lowest BCUT2D eigenvalue weighted by atomic mass is 10.1. The minimum absolute atomic E-state index is 0.209. The maximum absolute atomic E-state index is 13.0. The number of nitrogens with zero attached hydrogens (tertiary/aromatic N) is 2. The second-order valence-electron chi connectivity index (χ2n) is 7.01. The van der Waals surface area contributed by atoms with Crippen LogP contribution in [0.5, 0.6) is 5.75 Å². The highest BCUT2D eigenvalue weighted by Crippen LogP contribution is 2.30. The van der Waals surface area contributed by atoms with Gasteiger partial charge in [-0.1, -0.05) is 17.3 Å². The zero-order valence-corrected chi connectivity index (χ0v) is 16.4. The van der Waals surface area contributed by atoms with Gasteiger partial charge in [0.25, 0.3) is 11.6 Å². The molecule has 0 fully saturated rings. The van der Waals surface area contributed by atoms with Crippen molar-refractivity contribution in [3.05, 3.63) is 64.7 Å². The Bertz CT molecular complexity index is 1210. The molecule has 1 amide bonds. The number of fused-ring (bicyclic) bond motifs is 1. The molecule has 0 spiro atoms. The third-order valence-corrected chi connectivity index (χ3v) is 4.79. The van der Waals surface area contributed by atoms with Crippen LogP contribution in [0.3, 0.4) is 0 Å². The molecule has 1 aromatic carbocycles. The molecule has 0 bridgehead atoms. The molecule has 7 nitrogen and oxygen atoms in total. The number of pyridine rings is 1. The average molecular weight is 391 g/mol. The molecule has 0 unspecified atom stereocenters. The predicted octanol–water partition coefficient (Wildman–Crippen LogP) is 4.09. The number of benzene rings is 1. The summed E-state index contributed by atoms with van der Waals surface area (Å²) in [6.45, 7) is 5.93. The van der Waals surface area contributed by atoms with Crippen molar-refractivity contribution in [2.45, 2.75) is 27.2 Å². The van der Waals surface area contributed by atoms with Gasteiger partial charge in [0.05, 0.1) is 22.3 Å². The molecule has 3 heterocycles. The normalized spacial score (nSPS) is 11.1. The monoisotopic (exact) mass is 391 g/mol. The van der Waals surface area contributed by atoms with Gasteiger partial charge in [0.2, 0.25) is 0 Å². The first-order chi connectivity index (χ1) is 13.9. The lowest BCUT2D eigenvalue weighted by molar-refractivity contribution is 0.0955. The molecule has 0 aliphatic rings. The van der Waals surface area contributed by atoms with Crippen LogP contribution in [0.4, 0.5) is 0 Å². The van der Waals surface area contributed by atoms with Crippen molar-refractivity contribution in [3.8, 4) is 17.0 Å². The molecule has 148 valence electrons. The van der Waals surface area contributed by atoms with Gasteiger partial charge in [-0.2, -0.15) is 0 Å². The molecule has 0 saturated heterocycles. The van der Waals surface area contributed by atoms with E-state index in [2.05, 4.69) is 15.5 Å². The SMILES string of the molecule is Cc1cc(-c2cc(C(=O)NCCc3cccc(O)c3)c3c(C)noc3n2)c(C)o1. The van der Waals surface area contributed by atoms with E-state index in [4.69, 9.17) is 8.94 Å². The summed E-state index contributed by atoms with van der Waals surface area (Å²) in [6, 6.07) is 10.6. The van der Waals surface area contributed by atoms with Gasteiger partial charge in [0.1, 0.15) is 17.3 Å². The van der Waals surface area contributed by atoms with Crippen LogP contribution in [0.1, 0.15) is 33.1 Å². The number of carbonyl (C=O) groups excluding carboxylic acids is 1. The summed E-state index contributed by atoms with van der Waals surface area (Å²) in [7, 11) is 0. The summed E-state index contributed by atoms with van der Waals surface area (Å²) < 4.78 is 10.9. The molecular weight excluding hydrogens is 370 g/mol. The first-order valence-corrected chi connectivity index (χ1v) is 9.33. The fourth-order valence-corrected chi connectivity index (χ4v) is 3.42. The molecule has 0 radical (unpaired) electrons. The summed E-state index contributed by atoms with van der Waals surface area (Å²) in [4.78, 5) is 17.5. The minimum Gasteiger partial charge on any atom is -0.508 e. The number of nitrogens with one attached hydrogen (secondary N) is 1. The van der Waals surface area contributed by atoms with Gasteiger partial charge in [-0.05, 0) is 57.0 Å². The van der Waals surface area contributed by atoms with Gasteiger partial charge < -0.3 is 19.4 Å². The Morgan fingerprint density at radius 2 is 2.00 bits per heavy atom. The van der Waals surface area contributed by atoms with Gasteiger partial charge in [-0.15, -0.1) is 0 Å². The number of furan rings is 1. The number of carbonyl (C=O) groups is 1. The molecule has 0 aliphatic heterocycles. The van der Waals surface area contributed by atoms with Gasteiger partial charge in [0, 0.05) is 12.1 Å². The van der Waals surface area contributed by atoms with Gasteiger partial charge in [-0.3, -0.25) is 4.79 Å². The molecule has 0 atom stereocenters. The van der Waals surface area contributed by atoms with Crippen LogP contribution >= 0.6 is 0 Å². The highest BCUT2D eigenvalue weighted by Gasteiger charge is 2.20. The molecule has 2 N–H and O–H groups in total. The minimum atomic E-state index is -0.233. The van der Waals surface area contributed by atoms with Crippen molar-refractivity contribution in [2.75, 3.05) is 6.54 Å². The van der Waals surface area contributed by atoms with E-state index in [1.165, 1.54) is 0 Å². The summed E-state index contributed by atoms with van der Waals surface area (Å²) in [5, 5.41) is 17.1. The predicted molar refractivity (Wildman–Crippen MR) is 108 cm³/mol. The van der Waals surface area contributed by atoms with Crippen molar-refractivity contribution in [2.24, 2.45) is 0 Å². The third-order valence-electron chi connectivity index (χ3n) is 4.79. The number of hydrogen-bond acceptors (Lipinski definition) is 6. The molecule has 7 heteroatoms. The van der Waals surface area contributed by atoms with Crippen LogP contribution in [0.15, 0.2) is 45.3 Å². The highest BCUT2D eigenvalue weighted by atomic mass is 16.5. The Morgan fingerprint density at radius 1 is 1.17 bits per heavy atom. The van der Waals surface area contributed by atoms with E-state index in [0.717, 1.165) is 22.6 Å². The average Bonchev–Trinajstić information content (AvgIpc) is 3.22. The second kappa shape index (κ2) is 7.43. The standard InChI is InChI=1S/C22H21N3O4/c1-12-9-17(14(3)28-12)19-11-18(20-13(2)25-29-22(20)24-19)21(27)23-8-7-15-5-4-6-16(26)10-15/h4-6,9-11,26H,7-8H2,1-3H3,(H,23,27). The number of rotatable bonds is 5.